The number of halogens is 2. The van der Waals surface area contributed by atoms with Gasteiger partial charge in [0.2, 0.25) is 0 Å². The van der Waals surface area contributed by atoms with Crippen molar-refractivity contribution in [1.82, 2.24) is 4.90 Å². The minimum absolute atomic E-state index is 0.0408. The molecule has 2 aliphatic rings. The summed E-state index contributed by atoms with van der Waals surface area (Å²) in [5.74, 6) is -0.0408. The predicted octanol–water partition coefficient (Wildman–Crippen LogP) is 5.16. The zero-order valence-corrected chi connectivity index (χ0v) is 16.5. The molecule has 4 atom stereocenters. The highest BCUT2D eigenvalue weighted by atomic mass is 35.5. The van der Waals surface area contributed by atoms with Crippen LogP contribution in [0.1, 0.15) is 43.0 Å². The topological polar surface area (TPSA) is 42.1 Å². The second-order valence-corrected chi connectivity index (χ2v) is 7.80. The molecule has 1 amide bonds. The lowest BCUT2D eigenvalue weighted by Gasteiger charge is -2.28. The number of hydrogen-bond acceptors (Lipinski definition) is 3. The number of rotatable bonds is 5. The Kier molecular flexibility index (Phi) is 5.42. The van der Waals surface area contributed by atoms with E-state index in [2.05, 4.69) is 6.92 Å². The molecule has 2 fully saturated rings. The zero-order chi connectivity index (χ0) is 19.0. The van der Waals surface area contributed by atoms with Gasteiger partial charge in [-0.1, -0.05) is 66.9 Å². The van der Waals surface area contributed by atoms with E-state index in [1.54, 1.807) is 18.2 Å². The lowest BCUT2D eigenvalue weighted by molar-refractivity contribution is -0.139. The molecule has 2 saturated heterocycles. The second kappa shape index (κ2) is 7.80. The SMILES string of the molecule is CCC[C@H]1OC[C@@H](c2ccccc2)N1C(=O)[C@@H]1O[C@H]1c1cc(Cl)cc(Cl)c1. The highest BCUT2D eigenvalue weighted by Gasteiger charge is 2.52. The van der Waals surface area contributed by atoms with E-state index in [4.69, 9.17) is 32.7 Å². The van der Waals surface area contributed by atoms with Crippen LogP contribution in [0.3, 0.4) is 0 Å². The molecule has 6 heteroatoms. The van der Waals surface area contributed by atoms with Crippen LogP contribution in [0.5, 0.6) is 0 Å². The summed E-state index contributed by atoms with van der Waals surface area (Å²) in [4.78, 5) is 15.1. The molecule has 0 spiro atoms. The van der Waals surface area contributed by atoms with Crippen molar-refractivity contribution in [3.05, 3.63) is 69.7 Å². The molecule has 0 saturated carbocycles. The molecule has 0 N–H and O–H groups in total. The Bertz CT molecular complexity index is 809. The van der Waals surface area contributed by atoms with Crippen LogP contribution < -0.4 is 0 Å². The van der Waals surface area contributed by atoms with Crippen LogP contribution in [-0.2, 0) is 14.3 Å². The largest absolute Gasteiger partial charge is 0.356 e. The molecule has 27 heavy (non-hydrogen) atoms. The Labute approximate surface area is 169 Å². The van der Waals surface area contributed by atoms with Crippen molar-refractivity contribution in [2.45, 2.75) is 44.2 Å². The van der Waals surface area contributed by atoms with Crippen molar-refractivity contribution < 1.29 is 14.3 Å². The smallest absolute Gasteiger partial charge is 0.257 e. The Hall–Kier alpha value is -1.59. The summed E-state index contributed by atoms with van der Waals surface area (Å²) < 4.78 is 11.7. The number of hydrogen-bond donors (Lipinski definition) is 0. The van der Waals surface area contributed by atoms with Crippen LogP contribution in [-0.4, -0.2) is 29.7 Å². The number of benzene rings is 2. The van der Waals surface area contributed by atoms with Crippen molar-refractivity contribution in [3.8, 4) is 0 Å². The molecule has 0 aromatic heterocycles. The van der Waals surface area contributed by atoms with Crippen LogP contribution in [0.15, 0.2) is 48.5 Å². The van der Waals surface area contributed by atoms with Crippen LogP contribution in [0.25, 0.3) is 0 Å². The number of carbonyl (C=O) groups excluding carboxylic acids is 1. The fraction of sp³-hybridized carbons (Fsp3) is 0.381. The maximum Gasteiger partial charge on any atom is 0.257 e. The molecule has 0 aliphatic carbocycles. The monoisotopic (exact) mass is 405 g/mol. The van der Waals surface area contributed by atoms with Gasteiger partial charge in [-0.15, -0.1) is 0 Å². The lowest BCUT2D eigenvalue weighted by Crippen LogP contribution is -2.40. The van der Waals surface area contributed by atoms with Gasteiger partial charge >= 0.3 is 0 Å². The summed E-state index contributed by atoms with van der Waals surface area (Å²) >= 11 is 12.2. The second-order valence-electron chi connectivity index (χ2n) is 6.93. The number of ether oxygens (including phenoxy) is 2. The minimum Gasteiger partial charge on any atom is -0.356 e. The van der Waals surface area contributed by atoms with Gasteiger partial charge in [0.1, 0.15) is 12.3 Å². The summed E-state index contributed by atoms with van der Waals surface area (Å²) in [6, 6.07) is 15.2. The molecule has 0 bridgehead atoms. The van der Waals surface area contributed by atoms with E-state index in [9.17, 15) is 4.79 Å². The third-order valence-corrected chi connectivity index (χ3v) is 5.45. The molecule has 142 valence electrons. The molecule has 4 nitrogen and oxygen atoms in total. The molecular weight excluding hydrogens is 385 g/mol. The third-order valence-electron chi connectivity index (χ3n) is 5.02. The van der Waals surface area contributed by atoms with Crippen LogP contribution in [0.2, 0.25) is 10.0 Å². The highest BCUT2D eigenvalue weighted by molar-refractivity contribution is 6.34. The molecule has 2 aromatic carbocycles. The quantitative estimate of drug-likeness (QED) is 0.645. The fourth-order valence-electron chi connectivity index (χ4n) is 3.70. The lowest BCUT2D eigenvalue weighted by atomic mass is 10.0. The average molecular weight is 406 g/mol. The van der Waals surface area contributed by atoms with Gasteiger partial charge in [0.05, 0.1) is 12.6 Å². The first kappa shape index (κ1) is 18.8. The van der Waals surface area contributed by atoms with E-state index in [-0.39, 0.29) is 24.3 Å². The molecule has 2 heterocycles. The van der Waals surface area contributed by atoms with Gasteiger partial charge < -0.3 is 14.4 Å². The van der Waals surface area contributed by atoms with Crippen molar-refractivity contribution in [1.29, 1.82) is 0 Å². The highest BCUT2D eigenvalue weighted by Crippen LogP contribution is 2.44. The number of nitrogens with zero attached hydrogens (tertiary/aromatic N) is 1. The van der Waals surface area contributed by atoms with Crippen molar-refractivity contribution in [2.75, 3.05) is 6.61 Å². The Morgan fingerprint density at radius 3 is 2.48 bits per heavy atom. The van der Waals surface area contributed by atoms with E-state index >= 15 is 0 Å². The summed E-state index contributed by atoms with van der Waals surface area (Å²) in [7, 11) is 0. The van der Waals surface area contributed by atoms with Crippen LogP contribution in [0.4, 0.5) is 0 Å². The first-order valence-corrected chi connectivity index (χ1v) is 9.94. The van der Waals surface area contributed by atoms with Crippen LogP contribution >= 0.6 is 23.2 Å². The first-order chi connectivity index (χ1) is 13.1. The average Bonchev–Trinajstić information content (AvgIpc) is 3.35. The molecular formula is C21H21Cl2NO3. The molecule has 0 radical (unpaired) electrons. The van der Waals surface area contributed by atoms with Crippen molar-refractivity contribution in [3.63, 3.8) is 0 Å². The number of carbonyl (C=O) groups is 1. The van der Waals surface area contributed by atoms with Gasteiger partial charge in [-0.3, -0.25) is 4.79 Å². The summed E-state index contributed by atoms with van der Waals surface area (Å²) in [6.45, 7) is 2.59. The van der Waals surface area contributed by atoms with Crippen molar-refractivity contribution in [2.24, 2.45) is 0 Å². The summed E-state index contributed by atoms with van der Waals surface area (Å²) in [6.07, 6.45) is 0.685. The summed E-state index contributed by atoms with van der Waals surface area (Å²) in [5.41, 5.74) is 1.90. The third kappa shape index (κ3) is 3.85. The normalized spacial score (nSPS) is 27.0. The maximum absolute atomic E-state index is 13.3. The van der Waals surface area contributed by atoms with Crippen LogP contribution in [0, 0.1) is 0 Å². The standard InChI is InChI=1S/C21H21Cl2NO3/c1-2-6-18-24(17(12-26-18)13-7-4-3-5-8-13)21(25)20-19(27-20)14-9-15(22)11-16(23)10-14/h3-5,7-11,17-20H,2,6,12H2,1H3/t17-,18+,19-,20+/m0/s1. The maximum atomic E-state index is 13.3. The van der Waals surface area contributed by atoms with E-state index in [0.29, 0.717) is 16.7 Å². The Morgan fingerprint density at radius 1 is 1.11 bits per heavy atom. The Balaban J connectivity index is 1.56. The molecule has 2 aliphatic heterocycles. The zero-order valence-electron chi connectivity index (χ0n) is 15.0. The molecule has 0 unspecified atom stereocenters. The minimum atomic E-state index is -0.521. The predicted molar refractivity (Wildman–Crippen MR) is 105 cm³/mol. The van der Waals surface area contributed by atoms with E-state index in [0.717, 1.165) is 24.0 Å². The Morgan fingerprint density at radius 2 is 1.81 bits per heavy atom. The van der Waals surface area contributed by atoms with E-state index in [1.807, 2.05) is 35.2 Å². The van der Waals surface area contributed by atoms with E-state index in [1.165, 1.54) is 0 Å². The molecule has 2 aromatic rings. The van der Waals surface area contributed by atoms with Gasteiger partial charge in [0.25, 0.3) is 5.91 Å². The van der Waals surface area contributed by atoms with Gasteiger partial charge in [-0.25, -0.2) is 0 Å². The van der Waals surface area contributed by atoms with Gasteiger partial charge in [-0.05, 0) is 35.7 Å². The summed E-state index contributed by atoms with van der Waals surface area (Å²) in [5, 5.41) is 1.07. The van der Waals surface area contributed by atoms with Crippen molar-refractivity contribution >= 4 is 29.1 Å². The number of amides is 1. The van der Waals surface area contributed by atoms with E-state index < -0.39 is 6.10 Å². The number of epoxide rings is 1. The fourth-order valence-corrected chi connectivity index (χ4v) is 4.24. The first-order valence-electron chi connectivity index (χ1n) is 9.18. The molecule has 4 rings (SSSR count). The van der Waals surface area contributed by atoms with Gasteiger partial charge in [0.15, 0.2) is 6.10 Å². The van der Waals surface area contributed by atoms with Gasteiger partial charge in [0, 0.05) is 10.0 Å². The van der Waals surface area contributed by atoms with Gasteiger partial charge in [-0.2, -0.15) is 0 Å².